The standard InChI is InChI=1S/C27H25F3N2OS/c1-31(34-24-12-7-4-8-13-24)23-17-15-22(16-18-23)26(33-2,27(28,29)30)25-14-9-19-32(25)20-21-10-5-3-6-11-21/h3-19H,20H2,1-2H3. The molecule has 0 aliphatic heterocycles. The summed E-state index contributed by atoms with van der Waals surface area (Å²) in [5, 5.41) is 0. The van der Waals surface area contributed by atoms with Gasteiger partial charge in [-0.2, -0.15) is 13.2 Å². The van der Waals surface area contributed by atoms with Crippen LogP contribution >= 0.6 is 11.9 Å². The molecule has 7 heteroatoms. The maximum atomic E-state index is 14.7. The molecule has 3 aromatic carbocycles. The maximum Gasteiger partial charge on any atom is 0.427 e. The Morgan fingerprint density at radius 3 is 2.03 bits per heavy atom. The number of benzene rings is 3. The number of anilines is 1. The summed E-state index contributed by atoms with van der Waals surface area (Å²) in [7, 11) is 2.99. The minimum atomic E-state index is -4.68. The number of hydrogen-bond donors (Lipinski definition) is 0. The quantitative estimate of drug-likeness (QED) is 0.249. The largest absolute Gasteiger partial charge is 0.427 e. The molecule has 0 bridgehead atoms. The van der Waals surface area contributed by atoms with Crippen LogP contribution in [0.15, 0.2) is 108 Å². The van der Waals surface area contributed by atoms with Crippen molar-refractivity contribution in [2.45, 2.75) is 23.2 Å². The fraction of sp³-hybridized carbons (Fsp3) is 0.185. The molecule has 3 nitrogen and oxygen atoms in total. The van der Waals surface area contributed by atoms with Crippen LogP contribution in [0.3, 0.4) is 0 Å². The third kappa shape index (κ3) is 4.72. The number of hydrogen-bond acceptors (Lipinski definition) is 3. The van der Waals surface area contributed by atoms with Crippen molar-refractivity contribution < 1.29 is 17.9 Å². The monoisotopic (exact) mass is 482 g/mol. The van der Waals surface area contributed by atoms with Crippen molar-refractivity contribution in [3.8, 4) is 0 Å². The van der Waals surface area contributed by atoms with Crippen LogP contribution in [0.4, 0.5) is 18.9 Å². The van der Waals surface area contributed by atoms with Gasteiger partial charge in [-0.1, -0.05) is 60.7 Å². The highest BCUT2D eigenvalue weighted by molar-refractivity contribution is 8.00. The first-order chi connectivity index (χ1) is 16.3. The van der Waals surface area contributed by atoms with Gasteiger partial charge in [0.25, 0.3) is 0 Å². The Kier molecular flexibility index (Phi) is 7.05. The summed E-state index contributed by atoms with van der Waals surface area (Å²) in [6.07, 6.45) is -3.03. The molecule has 34 heavy (non-hydrogen) atoms. The van der Waals surface area contributed by atoms with Crippen molar-refractivity contribution in [1.82, 2.24) is 4.57 Å². The fourth-order valence-corrected chi connectivity index (χ4v) is 4.87. The molecular weight excluding hydrogens is 457 g/mol. The van der Waals surface area contributed by atoms with Crippen molar-refractivity contribution >= 4 is 17.6 Å². The van der Waals surface area contributed by atoms with Gasteiger partial charge in [-0.3, -0.25) is 0 Å². The lowest BCUT2D eigenvalue weighted by Crippen LogP contribution is -2.46. The number of aromatic nitrogens is 1. The van der Waals surface area contributed by atoms with Gasteiger partial charge >= 0.3 is 6.18 Å². The van der Waals surface area contributed by atoms with Crippen LogP contribution in [0.25, 0.3) is 0 Å². The molecular formula is C27H25F3N2OS. The Hall–Kier alpha value is -3.16. The first-order valence-corrected chi connectivity index (χ1v) is 11.5. The van der Waals surface area contributed by atoms with Crippen molar-refractivity contribution in [2.75, 3.05) is 18.5 Å². The lowest BCUT2D eigenvalue weighted by Gasteiger charge is -2.36. The zero-order chi connectivity index (χ0) is 24.2. The molecule has 1 heterocycles. The van der Waals surface area contributed by atoms with Gasteiger partial charge in [0.2, 0.25) is 5.60 Å². The second kappa shape index (κ2) is 9.99. The third-order valence-corrected chi connectivity index (χ3v) is 6.68. The molecule has 0 spiro atoms. The van der Waals surface area contributed by atoms with Gasteiger partial charge in [0.15, 0.2) is 0 Å². The minimum absolute atomic E-state index is 0.0253. The van der Waals surface area contributed by atoms with E-state index in [2.05, 4.69) is 0 Å². The summed E-state index contributed by atoms with van der Waals surface area (Å²) in [5.74, 6) is 0. The Balaban J connectivity index is 1.69. The molecule has 0 fully saturated rings. The average Bonchev–Trinajstić information content (AvgIpc) is 3.29. The lowest BCUT2D eigenvalue weighted by atomic mass is 9.88. The van der Waals surface area contributed by atoms with Crippen LogP contribution < -0.4 is 4.31 Å². The van der Waals surface area contributed by atoms with Crippen LogP contribution in [0.1, 0.15) is 16.8 Å². The molecule has 0 saturated heterocycles. The van der Waals surface area contributed by atoms with Crippen LogP contribution in [0, 0.1) is 0 Å². The maximum absolute atomic E-state index is 14.7. The Morgan fingerprint density at radius 1 is 0.824 bits per heavy atom. The number of ether oxygens (including phenoxy) is 1. The van der Waals surface area contributed by atoms with E-state index in [9.17, 15) is 13.2 Å². The van der Waals surface area contributed by atoms with Crippen LogP contribution in [-0.2, 0) is 16.9 Å². The summed E-state index contributed by atoms with van der Waals surface area (Å²) in [6, 6.07) is 28.7. The first-order valence-electron chi connectivity index (χ1n) is 10.7. The second-order valence-corrected chi connectivity index (χ2v) is 9.04. The Bertz CT molecular complexity index is 1190. The molecule has 4 aromatic rings. The average molecular weight is 483 g/mol. The number of halogens is 3. The van der Waals surface area contributed by atoms with Crippen LogP contribution in [-0.4, -0.2) is 24.9 Å². The zero-order valence-corrected chi connectivity index (χ0v) is 19.7. The molecule has 0 radical (unpaired) electrons. The van der Waals surface area contributed by atoms with Gasteiger partial charge < -0.3 is 13.6 Å². The molecule has 0 amide bonds. The number of methoxy groups -OCH3 is 1. The van der Waals surface area contributed by atoms with E-state index in [1.54, 1.807) is 29.0 Å². The molecule has 0 saturated carbocycles. The number of nitrogens with zero attached hydrogens (tertiary/aromatic N) is 2. The van der Waals surface area contributed by atoms with Crippen molar-refractivity contribution in [3.63, 3.8) is 0 Å². The topological polar surface area (TPSA) is 17.4 Å². The van der Waals surface area contributed by atoms with Crippen LogP contribution in [0.2, 0.25) is 0 Å². The molecule has 176 valence electrons. The summed E-state index contributed by atoms with van der Waals surface area (Å²) >= 11 is 1.50. The third-order valence-electron chi connectivity index (χ3n) is 5.71. The highest BCUT2D eigenvalue weighted by Gasteiger charge is 2.59. The van der Waals surface area contributed by atoms with Gasteiger partial charge in [0, 0.05) is 37.5 Å². The van der Waals surface area contributed by atoms with Gasteiger partial charge in [-0.05, 0) is 59.5 Å². The van der Waals surface area contributed by atoms with E-state index in [1.165, 1.54) is 30.1 Å². The van der Waals surface area contributed by atoms with Crippen molar-refractivity contribution in [3.05, 3.63) is 120 Å². The second-order valence-electron chi connectivity index (χ2n) is 7.84. The van der Waals surface area contributed by atoms with E-state index in [0.29, 0.717) is 6.54 Å². The molecule has 1 unspecified atom stereocenters. The zero-order valence-electron chi connectivity index (χ0n) is 18.9. The first kappa shape index (κ1) is 24.0. The van der Waals surface area contributed by atoms with Gasteiger partial charge in [0.1, 0.15) is 0 Å². The van der Waals surface area contributed by atoms with Gasteiger partial charge in [0.05, 0.1) is 5.69 Å². The van der Waals surface area contributed by atoms with Gasteiger partial charge in [-0.25, -0.2) is 0 Å². The molecule has 0 aliphatic carbocycles. The number of rotatable bonds is 8. The fourth-order valence-electron chi connectivity index (χ4n) is 4.04. The lowest BCUT2D eigenvalue weighted by molar-refractivity contribution is -0.260. The van der Waals surface area contributed by atoms with E-state index in [1.807, 2.05) is 72.0 Å². The summed E-state index contributed by atoms with van der Waals surface area (Å²) in [4.78, 5) is 1.04. The highest BCUT2D eigenvalue weighted by atomic mass is 32.2. The van der Waals surface area contributed by atoms with Crippen molar-refractivity contribution in [2.24, 2.45) is 0 Å². The smallest absolute Gasteiger partial charge is 0.359 e. The molecule has 1 aromatic heterocycles. The summed E-state index contributed by atoms with van der Waals surface area (Å²) in [5.41, 5.74) is -0.857. The summed E-state index contributed by atoms with van der Waals surface area (Å²) in [6.45, 7) is 0.304. The number of alkyl halides is 3. The Labute approximate surface area is 201 Å². The van der Waals surface area contributed by atoms with E-state index < -0.39 is 11.8 Å². The van der Waals surface area contributed by atoms with E-state index in [-0.39, 0.29) is 11.3 Å². The normalized spacial score (nSPS) is 13.4. The van der Waals surface area contributed by atoms with E-state index >= 15 is 0 Å². The predicted octanol–water partition coefficient (Wildman–Crippen LogP) is 7.13. The van der Waals surface area contributed by atoms with E-state index in [4.69, 9.17) is 4.74 Å². The van der Waals surface area contributed by atoms with E-state index in [0.717, 1.165) is 23.3 Å². The van der Waals surface area contributed by atoms with Crippen LogP contribution in [0.5, 0.6) is 0 Å². The van der Waals surface area contributed by atoms with Gasteiger partial charge in [-0.15, -0.1) is 0 Å². The summed E-state index contributed by atoms with van der Waals surface area (Å²) < 4.78 is 53.1. The molecule has 1 atom stereocenters. The van der Waals surface area contributed by atoms with Crippen molar-refractivity contribution in [1.29, 1.82) is 0 Å². The molecule has 0 N–H and O–H groups in total. The highest BCUT2D eigenvalue weighted by Crippen LogP contribution is 2.47. The molecule has 4 rings (SSSR count). The Morgan fingerprint density at radius 2 is 1.44 bits per heavy atom. The predicted molar refractivity (Wildman–Crippen MR) is 131 cm³/mol. The SMILES string of the molecule is COC(c1ccc(N(C)Sc2ccccc2)cc1)(c1cccn1Cc1ccccc1)C(F)(F)F. The molecule has 0 aliphatic rings. The minimum Gasteiger partial charge on any atom is -0.359 e.